The van der Waals surface area contributed by atoms with Gasteiger partial charge in [-0.25, -0.2) is 4.79 Å². The summed E-state index contributed by atoms with van der Waals surface area (Å²) in [4.78, 5) is 12.7. The second-order valence-corrected chi connectivity index (χ2v) is 14.4. The van der Waals surface area contributed by atoms with Crippen molar-refractivity contribution < 1.29 is 37.3 Å². The lowest BCUT2D eigenvalue weighted by Crippen LogP contribution is -2.65. The molecule has 1 fully saturated rings. The lowest BCUT2D eigenvalue weighted by molar-refractivity contribution is -0.202. The summed E-state index contributed by atoms with van der Waals surface area (Å²) >= 11 is 17.3. The lowest BCUT2D eigenvalue weighted by Gasteiger charge is -2.46. The minimum Gasteiger partial charge on any atom is -0.445 e. The monoisotopic (exact) mass is 653 g/mol. The van der Waals surface area contributed by atoms with Crippen LogP contribution in [-0.4, -0.2) is 86.3 Å². The van der Waals surface area contributed by atoms with Crippen LogP contribution in [0.4, 0.5) is 4.79 Å². The van der Waals surface area contributed by atoms with Crippen LogP contribution >= 0.6 is 42.4 Å². The third-order valence-electron chi connectivity index (χ3n) is 6.18. The van der Waals surface area contributed by atoms with E-state index in [2.05, 4.69) is 39.3 Å². The highest BCUT2D eigenvalue weighted by atomic mass is 35.6. The second-order valence-electron chi connectivity index (χ2n) is 9.91. The molecule has 0 saturated carbocycles. The minimum absolute atomic E-state index is 0.275. The van der Waals surface area contributed by atoms with E-state index in [0.717, 1.165) is 51.4 Å². The maximum Gasteiger partial charge on any atom is 0.407 e. The van der Waals surface area contributed by atoms with Crippen LogP contribution in [0.2, 0.25) is 0 Å². The molecule has 0 bridgehead atoms. The number of hydrogen-bond donors (Lipinski definition) is 1. The van der Waals surface area contributed by atoms with E-state index < -0.39 is 54.5 Å². The van der Waals surface area contributed by atoms with E-state index in [-0.39, 0.29) is 6.61 Å². The number of nitrogens with one attached hydrogen (secondary N) is 1. The van der Waals surface area contributed by atoms with Gasteiger partial charge in [-0.05, 0) is 38.9 Å². The van der Waals surface area contributed by atoms with Crippen molar-refractivity contribution in [1.82, 2.24) is 5.32 Å². The topological polar surface area (TPSA) is 93.7 Å². The average molecular weight is 655 g/mol. The van der Waals surface area contributed by atoms with E-state index in [1.807, 2.05) is 6.92 Å². The molecule has 0 aliphatic carbocycles. The van der Waals surface area contributed by atoms with Crippen LogP contribution in [0.1, 0.15) is 86.0 Å². The number of carbonyl (C=O) groups excluding carboxylic acids is 1. The molecule has 1 heterocycles. The van der Waals surface area contributed by atoms with Gasteiger partial charge >= 0.3 is 6.09 Å². The fourth-order valence-corrected chi connectivity index (χ4v) is 5.70. The summed E-state index contributed by atoms with van der Waals surface area (Å²) in [5.41, 5.74) is 0. The molecule has 1 aliphatic rings. The van der Waals surface area contributed by atoms with Crippen LogP contribution in [0.15, 0.2) is 0 Å². The van der Waals surface area contributed by atoms with E-state index >= 15 is 0 Å². The summed E-state index contributed by atoms with van der Waals surface area (Å²) in [6, 6.07) is -0.642. The summed E-state index contributed by atoms with van der Waals surface area (Å²) in [5, 5.41) is 2.84. The predicted octanol–water partition coefficient (Wildman–Crippen LogP) is 7.45. The molecule has 238 valence electrons. The molecule has 0 radical (unpaired) electrons. The molecule has 1 N–H and O–H groups in total. The van der Waals surface area contributed by atoms with Crippen molar-refractivity contribution in [3.8, 4) is 0 Å². The van der Waals surface area contributed by atoms with Crippen molar-refractivity contribution in [3.05, 3.63) is 0 Å². The smallest absolute Gasteiger partial charge is 0.407 e. The Kier molecular flexibility index (Phi) is 20.1. The van der Waals surface area contributed by atoms with E-state index in [1.165, 1.54) is 0 Å². The highest BCUT2D eigenvalue weighted by Crippen LogP contribution is 2.52. The molecule has 1 rings (SSSR count). The number of amides is 1. The first-order valence-corrected chi connectivity index (χ1v) is 17.4. The van der Waals surface area contributed by atoms with Gasteiger partial charge in [0.2, 0.25) is 3.79 Å². The van der Waals surface area contributed by atoms with E-state index in [4.69, 9.17) is 67.3 Å². The van der Waals surface area contributed by atoms with Crippen molar-refractivity contribution in [2.24, 2.45) is 0 Å². The van der Waals surface area contributed by atoms with Gasteiger partial charge in [-0.15, -0.1) is 0 Å². The first-order chi connectivity index (χ1) is 19.0. The molecule has 40 heavy (non-hydrogen) atoms. The Morgan fingerprint density at radius 3 is 2.00 bits per heavy atom. The zero-order valence-electron chi connectivity index (χ0n) is 24.8. The van der Waals surface area contributed by atoms with Crippen LogP contribution in [0.25, 0.3) is 0 Å². The highest BCUT2D eigenvalue weighted by molar-refractivity contribution is 7.59. The zero-order chi connectivity index (χ0) is 30.0. The van der Waals surface area contributed by atoms with Crippen molar-refractivity contribution >= 4 is 54.8 Å². The fraction of sp³-hybridized carbons (Fsp3) is 0.926. The van der Waals surface area contributed by atoms with Crippen LogP contribution in [-0.2, 0) is 32.5 Å². The zero-order valence-corrected chi connectivity index (χ0v) is 28.0. The Morgan fingerprint density at radius 2 is 1.45 bits per heavy atom. The maximum atomic E-state index is 12.7. The van der Waals surface area contributed by atoms with Gasteiger partial charge in [0, 0.05) is 13.2 Å². The minimum atomic E-state index is -3.03. The first-order valence-electron chi connectivity index (χ1n) is 14.6. The summed E-state index contributed by atoms with van der Waals surface area (Å²) in [7, 11) is -3.03. The molecular formula is C27H51Cl3NO8P. The third kappa shape index (κ3) is 15.6. The average Bonchev–Trinajstić information content (AvgIpc) is 2.89. The highest BCUT2D eigenvalue weighted by Gasteiger charge is 2.49. The quantitative estimate of drug-likeness (QED) is 0.0775. The Bertz CT molecular complexity index is 716. The van der Waals surface area contributed by atoms with Crippen LogP contribution in [0.3, 0.4) is 0 Å². The molecule has 1 aliphatic heterocycles. The third-order valence-corrected chi connectivity index (χ3v) is 8.22. The fourth-order valence-electron chi connectivity index (χ4n) is 3.90. The van der Waals surface area contributed by atoms with E-state index in [1.54, 1.807) is 0 Å². The van der Waals surface area contributed by atoms with Crippen molar-refractivity contribution in [2.45, 2.75) is 120 Å². The van der Waals surface area contributed by atoms with E-state index in [0.29, 0.717) is 26.4 Å². The number of unbranched alkanes of at least 4 members (excludes halogenated alkanes) is 4. The van der Waals surface area contributed by atoms with Crippen LogP contribution in [0, 0.1) is 0 Å². The SMILES string of the molecule is C=P(OCCCC)(OCCCC)OC1C(COCCCC)OC(C)C(NC(=O)OCC(Cl)(Cl)Cl)C1OCCCC. The van der Waals surface area contributed by atoms with Gasteiger partial charge in [0.15, 0.2) is 0 Å². The summed E-state index contributed by atoms with van der Waals surface area (Å²) < 4.78 is 41.1. The van der Waals surface area contributed by atoms with Gasteiger partial charge in [0.25, 0.3) is 7.57 Å². The molecule has 9 nitrogen and oxygen atoms in total. The molecule has 0 spiro atoms. The molecule has 0 aromatic heterocycles. The van der Waals surface area contributed by atoms with Gasteiger partial charge in [0.1, 0.15) is 24.9 Å². The normalized spacial score (nSPS) is 23.8. The summed E-state index contributed by atoms with van der Waals surface area (Å²) in [6.45, 7) is 12.0. The van der Waals surface area contributed by atoms with Crippen molar-refractivity contribution in [1.29, 1.82) is 0 Å². The molecular weight excluding hydrogens is 604 g/mol. The summed E-state index contributed by atoms with van der Waals surface area (Å²) in [6.07, 6.45) is 8.49. The number of ether oxygens (including phenoxy) is 4. The van der Waals surface area contributed by atoms with Gasteiger partial charge < -0.3 is 37.8 Å². The number of halogens is 3. The molecule has 0 aromatic carbocycles. The Labute approximate surface area is 256 Å². The Hall–Kier alpha value is 0.200. The standard InChI is InChI=1S/C27H51Cl3NO8P/c1-7-11-15-33-19-22-24(39-40(6,36-17-13-9-3)37-18-14-10-4)25(34-16-12-8-2)23(21(5)38-22)31-26(32)35-20-27(28,29)30/h21-25H,6-20H2,1-5H3,(H,31,32). The molecule has 0 aromatic rings. The van der Waals surface area contributed by atoms with Crippen LogP contribution < -0.4 is 5.32 Å². The molecule has 13 heteroatoms. The molecule has 1 amide bonds. The van der Waals surface area contributed by atoms with Gasteiger partial charge in [-0.1, -0.05) is 88.2 Å². The van der Waals surface area contributed by atoms with E-state index in [9.17, 15) is 4.79 Å². The molecule has 5 unspecified atom stereocenters. The number of alkyl carbamates (subject to hydrolysis) is 1. The van der Waals surface area contributed by atoms with Gasteiger partial charge in [0.05, 0.1) is 32.0 Å². The number of carbonyl (C=O) groups is 1. The van der Waals surface area contributed by atoms with Crippen LogP contribution in [0.5, 0.6) is 0 Å². The van der Waals surface area contributed by atoms with Gasteiger partial charge in [-0.3, -0.25) is 0 Å². The van der Waals surface area contributed by atoms with Gasteiger partial charge in [-0.2, -0.15) is 0 Å². The van der Waals surface area contributed by atoms with Crippen molar-refractivity contribution in [2.75, 3.05) is 39.6 Å². The Morgan fingerprint density at radius 1 is 0.900 bits per heavy atom. The second kappa shape index (κ2) is 21.0. The van der Waals surface area contributed by atoms with Crippen molar-refractivity contribution in [3.63, 3.8) is 0 Å². The molecule has 5 atom stereocenters. The number of hydrogen-bond acceptors (Lipinski definition) is 8. The number of alkyl halides is 3. The largest absolute Gasteiger partial charge is 0.445 e. The summed E-state index contributed by atoms with van der Waals surface area (Å²) in [5.74, 6) is 0. The molecule has 1 saturated heterocycles. The number of rotatable bonds is 21. The Balaban J connectivity index is 3.30. The lowest BCUT2D eigenvalue weighted by atomic mass is 9.93. The predicted molar refractivity (Wildman–Crippen MR) is 164 cm³/mol. The first kappa shape index (κ1) is 38.2. The maximum absolute atomic E-state index is 12.7.